The molecule has 0 atom stereocenters. The Morgan fingerprint density at radius 1 is 0.926 bits per heavy atom. The zero-order chi connectivity index (χ0) is 19.2. The molecular weight excluding hydrogens is 350 g/mol. The molecule has 0 saturated carbocycles. The maximum absolute atomic E-state index is 12.5. The molecule has 1 N–H and O–H groups in total. The number of hydrogen-bond donors (Lipinski definition) is 1. The number of nitrogens with zero attached hydrogens (tertiary/aromatic N) is 4. The maximum Gasteiger partial charge on any atom is 0.321 e. The smallest absolute Gasteiger partial charge is 0.321 e. The number of anilines is 1. The number of amides is 3. The Morgan fingerprint density at radius 2 is 1.59 bits per heavy atom. The van der Waals surface area contributed by atoms with Gasteiger partial charge in [-0.3, -0.25) is 19.8 Å². The molecule has 0 spiro atoms. The summed E-state index contributed by atoms with van der Waals surface area (Å²) >= 11 is 0. The number of non-ortho nitro benzene ring substituents is 1. The van der Waals surface area contributed by atoms with Crippen LogP contribution in [0.4, 0.5) is 16.2 Å². The van der Waals surface area contributed by atoms with Crippen molar-refractivity contribution in [2.45, 2.75) is 19.3 Å². The van der Waals surface area contributed by atoms with Crippen LogP contribution in [0.5, 0.6) is 0 Å². The third-order valence-corrected chi connectivity index (χ3v) is 5.02. The standard InChI is InChI=1S/C18H25N5O4/c24-17(21-9-1-2-10-21)14-20-8-3-11-22(13-12-20)18(25)19-15-4-6-16(7-5-15)23(26)27/h4-7H,1-3,8-14H2,(H,19,25). The molecule has 2 aliphatic heterocycles. The van der Waals surface area contributed by atoms with Crippen LogP contribution < -0.4 is 5.32 Å². The molecule has 0 radical (unpaired) electrons. The van der Waals surface area contributed by atoms with Crippen molar-refractivity contribution in [2.75, 3.05) is 51.1 Å². The Morgan fingerprint density at radius 3 is 2.26 bits per heavy atom. The lowest BCUT2D eigenvalue weighted by Gasteiger charge is -2.24. The number of nitro benzene ring substituents is 1. The van der Waals surface area contributed by atoms with Gasteiger partial charge >= 0.3 is 6.03 Å². The van der Waals surface area contributed by atoms with Gasteiger partial charge in [0.1, 0.15) is 0 Å². The minimum atomic E-state index is -0.474. The van der Waals surface area contributed by atoms with Crippen LogP contribution in [0.15, 0.2) is 24.3 Å². The molecule has 0 aromatic heterocycles. The first kappa shape index (κ1) is 19.1. The number of carbonyl (C=O) groups is 2. The van der Waals surface area contributed by atoms with Gasteiger partial charge in [0, 0.05) is 57.1 Å². The number of rotatable bonds is 4. The van der Waals surface area contributed by atoms with E-state index in [2.05, 4.69) is 10.2 Å². The van der Waals surface area contributed by atoms with Crippen LogP contribution in [-0.2, 0) is 4.79 Å². The van der Waals surface area contributed by atoms with Crippen molar-refractivity contribution < 1.29 is 14.5 Å². The average molecular weight is 375 g/mol. The summed E-state index contributed by atoms with van der Waals surface area (Å²) in [6, 6.07) is 5.55. The van der Waals surface area contributed by atoms with Gasteiger partial charge in [0.2, 0.25) is 5.91 Å². The van der Waals surface area contributed by atoms with Crippen molar-refractivity contribution in [3.05, 3.63) is 34.4 Å². The summed E-state index contributed by atoms with van der Waals surface area (Å²) in [6.07, 6.45) is 2.98. The van der Waals surface area contributed by atoms with E-state index in [9.17, 15) is 19.7 Å². The van der Waals surface area contributed by atoms with Crippen LogP contribution in [0.1, 0.15) is 19.3 Å². The van der Waals surface area contributed by atoms with Crippen LogP contribution >= 0.6 is 0 Å². The molecule has 0 aliphatic carbocycles. The highest BCUT2D eigenvalue weighted by molar-refractivity contribution is 5.89. The van der Waals surface area contributed by atoms with E-state index in [1.165, 1.54) is 24.3 Å². The summed E-state index contributed by atoms with van der Waals surface area (Å²) in [7, 11) is 0. The Balaban J connectivity index is 1.48. The molecule has 9 heteroatoms. The quantitative estimate of drug-likeness (QED) is 0.639. The molecular formula is C18H25N5O4. The molecule has 1 aromatic rings. The van der Waals surface area contributed by atoms with Crippen LogP contribution in [0.25, 0.3) is 0 Å². The number of benzene rings is 1. The molecule has 0 unspecified atom stereocenters. The van der Waals surface area contributed by atoms with Gasteiger partial charge in [-0.05, 0) is 31.4 Å². The minimum absolute atomic E-state index is 0.0129. The average Bonchev–Trinajstić information content (AvgIpc) is 3.09. The van der Waals surface area contributed by atoms with Gasteiger partial charge in [-0.25, -0.2) is 4.79 Å². The van der Waals surface area contributed by atoms with Gasteiger partial charge in [0.05, 0.1) is 11.5 Å². The second-order valence-electron chi connectivity index (χ2n) is 6.94. The summed E-state index contributed by atoms with van der Waals surface area (Å²) in [4.78, 5) is 40.7. The van der Waals surface area contributed by atoms with Crippen molar-refractivity contribution in [1.82, 2.24) is 14.7 Å². The zero-order valence-corrected chi connectivity index (χ0v) is 15.3. The first-order valence-corrected chi connectivity index (χ1v) is 9.33. The molecule has 2 heterocycles. The fraction of sp³-hybridized carbons (Fsp3) is 0.556. The predicted molar refractivity (Wildman–Crippen MR) is 101 cm³/mol. The van der Waals surface area contributed by atoms with Gasteiger partial charge < -0.3 is 15.1 Å². The van der Waals surface area contributed by atoms with Gasteiger partial charge in [-0.15, -0.1) is 0 Å². The Hall–Kier alpha value is -2.68. The topological polar surface area (TPSA) is 99.0 Å². The van der Waals surface area contributed by atoms with Crippen LogP contribution in [0.3, 0.4) is 0 Å². The molecule has 2 saturated heterocycles. The SMILES string of the molecule is O=C(CN1CCCN(C(=O)Nc2ccc([N+](=O)[O-])cc2)CC1)N1CCCC1. The molecule has 2 fully saturated rings. The number of nitro groups is 1. The predicted octanol–water partition coefficient (Wildman–Crippen LogP) is 1.76. The van der Waals surface area contributed by atoms with Crippen molar-refractivity contribution in [3.63, 3.8) is 0 Å². The van der Waals surface area contributed by atoms with Gasteiger partial charge in [0.15, 0.2) is 0 Å². The third kappa shape index (κ3) is 5.16. The lowest BCUT2D eigenvalue weighted by molar-refractivity contribution is -0.384. The molecule has 1 aromatic carbocycles. The van der Waals surface area contributed by atoms with E-state index in [0.717, 1.165) is 38.9 Å². The molecule has 146 valence electrons. The lowest BCUT2D eigenvalue weighted by Crippen LogP contribution is -2.41. The van der Waals surface area contributed by atoms with Crippen molar-refractivity contribution >= 4 is 23.3 Å². The first-order valence-electron chi connectivity index (χ1n) is 9.33. The van der Waals surface area contributed by atoms with E-state index >= 15 is 0 Å². The van der Waals surface area contributed by atoms with Crippen LogP contribution in [-0.4, -0.2) is 77.4 Å². The fourth-order valence-electron chi connectivity index (χ4n) is 3.46. The van der Waals surface area contributed by atoms with Crippen molar-refractivity contribution in [3.8, 4) is 0 Å². The largest absolute Gasteiger partial charge is 0.342 e. The molecule has 2 aliphatic rings. The van der Waals surface area contributed by atoms with E-state index in [-0.39, 0.29) is 17.6 Å². The van der Waals surface area contributed by atoms with Crippen LogP contribution in [0, 0.1) is 10.1 Å². The third-order valence-electron chi connectivity index (χ3n) is 5.02. The highest BCUT2D eigenvalue weighted by Crippen LogP contribution is 2.16. The summed E-state index contributed by atoms with van der Waals surface area (Å²) in [5, 5.41) is 13.5. The van der Waals surface area contributed by atoms with Crippen LogP contribution in [0.2, 0.25) is 0 Å². The number of likely N-dealkylation sites (tertiary alicyclic amines) is 1. The highest BCUT2D eigenvalue weighted by atomic mass is 16.6. The summed E-state index contributed by atoms with van der Waals surface area (Å²) in [5.74, 6) is 0.177. The van der Waals surface area contributed by atoms with Gasteiger partial charge in [0.25, 0.3) is 5.69 Å². The normalized spacial score (nSPS) is 18.2. The first-order chi connectivity index (χ1) is 13.0. The second kappa shape index (κ2) is 8.81. The van der Waals surface area contributed by atoms with Crippen molar-refractivity contribution in [1.29, 1.82) is 0 Å². The van der Waals surface area contributed by atoms with Gasteiger partial charge in [-0.1, -0.05) is 0 Å². The Bertz CT molecular complexity index is 687. The van der Waals surface area contributed by atoms with E-state index in [0.29, 0.717) is 31.9 Å². The lowest BCUT2D eigenvalue weighted by atomic mass is 10.3. The monoisotopic (exact) mass is 375 g/mol. The number of hydrogen-bond acceptors (Lipinski definition) is 5. The van der Waals surface area contributed by atoms with E-state index in [4.69, 9.17) is 0 Å². The summed E-state index contributed by atoms with van der Waals surface area (Å²) in [6.45, 7) is 4.75. The minimum Gasteiger partial charge on any atom is -0.342 e. The number of carbonyl (C=O) groups excluding carboxylic acids is 2. The number of urea groups is 1. The van der Waals surface area contributed by atoms with Crippen molar-refractivity contribution in [2.24, 2.45) is 0 Å². The maximum atomic E-state index is 12.5. The van der Waals surface area contributed by atoms with Gasteiger partial charge in [-0.2, -0.15) is 0 Å². The fourth-order valence-corrected chi connectivity index (χ4v) is 3.46. The molecule has 3 rings (SSSR count). The molecule has 9 nitrogen and oxygen atoms in total. The molecule has 27 heavy (non-hydrogen) atoms. The Kier molecular flexibility index (Phi) is 6.23. The van der Waals surface area contributed by atoms with E-state index in [1.54, 1.807) is 4.90 Å². The summed E-state index contributed by atoms with van der Waals surface area (Å²) < 4.78 is 0. The number of nitrogens with one attached hydrogen (secondary N) is 1. The zero-order valence-electron chi connectivity index (χ0n) is 15.3. The summed E-state index contributed by atoms with van der Waals surface area (Å²) in [5.41, 5.74) is 0.511. The van der Waals surface area contributed by atoms with E-state index < -0.39 is 4.92 Å². The molecule has 0 bridgehead atoms. The second-order valence-corrected chi connectivity index (χ2v) is 6.94. The Labute approximate surface area is 158 Å². The highest BCUT2D eigenvalue weighted by Gasteiger charge is 2.24. The van der Waals surface area contributed by atoms with E-state index in [1.807, 2.05) is 4.90 Å². The molecule has 3 amide bonds.